The molecule has 3 heteroatoms. The van der Waals surface area contributed by atoms with Gasteiger partial charge in [-0.3, -0.25) is 0 Å². The Morgan fingerprint density at radius 1 is 1.54 bits per heavy atom. The standard InChI is InChI=1S/C10H20NO2/c1-6-8(2)7-11-9(12)13-10(3,4)5/h8H,1,6-7H2,2-5H3,(H,11,12)/t8-/m0/s1. The van der Waals surface area contributed by atoms with Crippen molar-refractivity contribution in [2.75, 3.05) is 6.54 Å². The van der Waals surface area contributed by atoms with Crippen LogP contribution in [-0.4, -0.2) is 18.2 Å². The average Bonchev–Trinajstić information content (AvgIpc) is 1.97. The Labute approximate surface area is 80.8 Å². The fraction of sp³-hybridized carbons (Fsp3) is 0.800. The molecule has 0 heterocycles. The number of amides is 1. The van der Waals surface area contributed by atoms with Gasteiger partial charge in [-0.05, 0) is 33.1 Å². The van der Waals surface area contributed by atoms with E-state index in [9.17, 15) is 4.79 Å². The first-order valence-corrected chi connectivity index (χ1v) is 4.61. The summed E-state index contributed by atoms with van der Waals surface area (Å²) in [4.78, 5) is 11.1. The van der Waals surface area contributed by atoms with E-state index in [1.165, 1.54) is 0 Å². The molecule has 13 heavy (non-hydrogen) atoms. The van der Waals surface area contributed by atoms with Crippen molar-refractivity contribution in [1.82, 2.24) is 5.32 Å². The molecule has 0 bridgehead atoms. The quantitative estimate of drug-likeness (QED) is 0.734. The Morgan fingerprint density at radius 2 is 2.08 bits per heavy atom. The van der Waals surface area contributed by atoms with Crippen LogP contribution in [0.1, 0.15) is 34.1 Å². The summed E-state index contributed by atoms with van der Waals surface area (Å²) in [6.07, 6.45) is 0.461. The van der Waals surface area contributed by atoms with E-state index in [0.29, 0.717) is 12.5 Å². The predicted molar refractivity (Wildman–Crippen MR) is 53.4 cm³/mol. The lowest BCUT2D eigenvalue weighted by Gasteiger charge is -2.20. The molecule has 1 N–H and O–H groups in total. The van der Waals surface area contributed by atoms with Gasteiger partial charge in [0.25, 0.3) is 0 Å². The molecule has 0 aromatic rings. The summed E-state index contributed by atoms with van der Waals surface area (Å²) in [5, 5.41) is 2.69. The predicted octanol–water partition coefficient (Wildman–Crippen LogP) is 2.37. The number of carbonyl (C=O) groups excluding carboxylic acids is 1. The summed E-state index contributed by atoms with van der Waals surface area (Å²) in [7, 11) is 0. The van der Waals surface area contributed by atoms with Crippen LogP contribution in [0, 0.1) is 12.8 Å². The molecule has 0 aliphatic rings. The highest BCUT2D eigenvalue weighted by molar-refractivity contribution is 5.67. The van der Waals surface area contributed by atoms with E-state index in [1.54, 1.807) is 0 Å². The maximum absolute atomic E-state index is 11.1. The van der Waals surface area contributed by atoms with E-state index in [1.807, 2.05) is 27.7 Å². The van der Waals surface area contributed by atoms with Crippen molar-refractivity contribution in [1.29, 1.82) is 0 Å². The van der Waals surface area contributed by atoms with E-state index in [-0.39, 0.29) is 6.09 Å². The zero-order chi connectivity index (χ0) is 10.5. The molecule has 1 atom stereocenters. The molecular weight excluding hydrogens is 166 g/mol. The van der Waals surface area contributed by atoms with Gasteiger partial charge in [-0.2, -0.15) is 0 Å². The summed E-state index contributed by atoms with van der Waals surface area (Å²) in [6.45, 7) is 11.9. The third kappa shape index (κ3) is 7.62. The fourth-order valence-corrected chi connectivity index (χ4v) is 0.674. The molecule has 0 aliphatic heterocycles. The van der Waals surface area contributed by atoms with Crippen molar-refractivity contribution in [2.45, 2.75) is 39.7 Å². The van der Waals surface area contributed by atoms with Gasteiger partial charge >= 0.3 is 6.09 Å². The zero-order valence-electron chi connectivity index (χ0n) is 9.02. The van der Waals surface area contributed by atoms with Crippen molar-refractivity contribution in [2.24, 2.45) is 5.92 Å². The first-order chi connectivity index (χ1) is 5.85. The molecule has 77 valence electrons. The smallest absolute Gasteiger partial charge is 0.407 e. The first-order valence-electron chi connectivity index (χ1n) is 4.61. The van der Waals surface area contributed by atoms with Crippen LogP contribution in [0.2, 0.25) is 0 Å². The summed E-state index contributed by atoms with van der Waals surface area (Å²) in [5.41, 5.74) is -0.419. The van der Waals surface area contributed by atoms with Crippen molar-refractivity contribution in [3.63, 3.8) is 0 Å². The molecule has 0 rings (SSSR count). The molecule has 0 aromatic carbocycles. The number of rotatable bonds is 3. The minimum absolute atomic E-state index is 0.354. The third-order valence-electron chi connectivity index (χ3n) is 1.49. The topological polar surface area (TPSA) is 38.3 Å². The minimum Gasteiger partial charge on any atom is -0.444 e. The van der Waals surface area contributed by atoms with Crippen LogP contribution in [0.15, 0.2) is 0 Å². The molecule has 1 amide bonds. The lowest BCUT2D eigenvalue weighted by atomic mass is 10.1. The third-order valence-corrected chi connectivity index (χ3v) is 1.49. The zero-order valence-corrected chi connectivity index (χ0v) is 9.02. The second kappa shape index (κ2) is 5.10. The van der Waals surface area contributed by atoms with Crippen LogP contribution in [-0.2, 0) is 4.74 Å². The molecule has 1 radical (unpaired) electrons. The van der Waals surface area contributed by atoms with E-state index < -0.39 is 5.60 Å². The Morgan fingerprint density at radius 3 is 2.46 bits per heavy atom. The number of hydrogen-bond acceptors (Lipinski definition) is 2. The molecule has 3 nitrogen and oxygen atoms in total. The number of alkyl carbamates (subject to hydrolysis) is 1. The molecule has 0 unspecified atom stereocenters. The lowest BCUT2D eigenvalue weighted by molar-refractivity contribution is 0.0520. The largest absolute Gasteiger partial charge is 0.444 e. The molecule has 0 saturated carbocycles. The lowest BCUT2D eigenvalue weighted by Crippen LogP contribution is -2.34. The second-order valence-electron chi connectivity index (χ2n) is 4.28. The second-order valence-corrected chi connectivity index (χ2v) is 4.28. The van der Waals surface area contributed by atoms with E-state index in [4.69, 9.17) is 4.74 Å². The Kier molecular flexibility index (Phi) is 4.81. The Balaban J connectivity index is 3.64. The molecule has 0 aliphatic carbocycles. The van der Waals surface area contributed by atoms with Crippen molar-refractivity contribution in [3.8, 4) is 0 Å². The summed E-state index contributed by atoms with van der Waals surface area (Å²) in [5.74, 6) is 0.396. The van der Waals surface area contributed by atoms with Crippen molar-refractivity contribution in [3.05, 3.63) is 6.92 Å². The van der Waals surface area contributed by atoms with Gasteiger partial charge in [0.1, 0.15) is 5.60 Å². The number of ether oxygens (including phenoxy) is 1. The highest BCUT2D eigenvalue weighted by Gasteiger charge is 2.15. The normalized spacial score (nSPS) is 13.6. The summed E-state index contributed by atoms with van der Waals surface area (Å²) in [6, 6.07) is 0. The van der Waals surface area contributed by atoms with Gasteiger partial charge in [-0.25, -0.2) is 4.79 Å². The van der Waals surface area contributed by atoms with Gasteiger partial charge in [-0.15, -0.1) is 0 Å². The molecular formula is C10H20NO2. The van der Waals surface area contributed by atoms with Crippen LogP contribution >= 0.6 is 0 Å². The van der Waals surface area contributed by atoms with Crippen LogP contribution in [0.3, 0.4) is 0 Å². The number of carbonyl (C=O) groups is 1. The van der Waals surface area contributed by atoms with Crippen molar-refractivity contribution >= 4 is 6.09 Å². The van der Waals surface area contributed by atoms with Gasteiger partial charge in [-0.1, -0.05) is 13.8 Å². The van der Waals surface area contributed by atoms with Crippen LogP contribution in [0.25, 0.3) is 0 Å². The molecule has 0 spiro atoms. The van der Waals surface area contributed by atoms with Crippen LogP contribution in [0.5, 0.6) is 0 Å². The van der Waals surface area contributed by atoms with Gasteiger partial charge in [0.15, 0.2) is 0 Å². The molecule has 0 fully saturated rings. The Hall–Kier alpha value is -0.730. The minimum atomic E-state index is -0.419. The van der Waals surface area contributed by atoms with Gasteiger partial charge in [0, 0.05) is 6.54 Å². The van der Waals surface area contributed by atoms with Crippen LogP contribution < -0.4 is 5.32 Å². The highest BCUT2D eigenvalue weighted by Crippen LogP contribution is 2.06. The van der Waals surface area contributed by atoms with E-state index in [2.05, 4.69) is 12.2 Å². The molecule has 0 aromatic heterocycles. The monoisotopic (exact) mass is 186 g/mol. The van der Waals surface area contributed by atoms with Gasteiger partial charge in [0.2, 0.25) is 0 Å². The maximum Gasteiger partial charge on any atom is 0.407 e. The average molecular weight is 186 g/mol. The van der Waals surface area contributed by atoms with E-state index in [0.717, 1.165) is 6.42 Å². The van der Waals surface area contributed by atoms with Crippen LogP contribution in [0.4, 0.5) is 4.79 Å². The van der Waals surface area contributed by atoms with Gasteiger partial charge < -0.3 is 10.1 Å². The first kappa shape index (κ1) is 12.3. The maximum atomic E-state index is 11.1. The van der Waals surface area contributed by atoms with E-state index >= 15 is 0 Å². The van der Waals surface area contributed by atoms with Gasteiger partial charge in [0.05, 0.1) is 0 Å². The summed E-state index contributed by atoms with van der Waals surface area (Å²) < 4.78 is 5.06. The SMILES string of the molecule is [CH2]C[C@H](C)CNC(=O)OC(C)(C)C. The Bertz CT molecular complexity index is 161. The number of hydrogen-bond donors (Lipinski definition) is 1. The fourth-order valence-electron chi connectivity index (χ4n) is 0.674. The number of nitrogens with one attached hydrogen (secondary N) is 1. The van der Waals surface area contributed by atoms with Crippen molar-refractivity contribution < 1.29 is 9.53 Å². The molecule has 0 saturated heterocycles. The highest BCUT2D eigenvalue weighted by atomic mass is 16.6. The summed E-state index contributed by atoms with van der Waals surface area (Å²) >= 11 is 0.